The van der Waals surface area contributed by atoms with Gasteiger partial charge in [0, 0.05) is 6.21 Å². The molecule has 0 saturated carbocycles. The number of aliphatic hydroxyl groups is 1. The average molecular weight is 125 g/mol. The van der Waals surface area contributed by atoms with Crippen molar-refractivity contribution < 1.29 is 9.90 Å². The van der Waals surface area contributed by atoms with E-state index in [1.165, 1.54) is 12.3 Å². The van der Waals surface area contributed by atoms with Crippen molar-refractivity contribution >= 4 is 12.0 Å². The van der Waals surface area contributed by atoms with E-state index in [1.807, 2.05) is 0 Å². The normalized spacial score (nSPS) is 25.0. The Morgan fingerprint density at radius 2 is 2.56 bits per heavy atom. The summed E-state index contributed by atoms with van der Waals surface area (Å²) in [4.78, 5) is 14.4. The Balaban J connectivity index is 2.66. The summed E-state index contributed by atoms with van der Waals surface area (Å²) in [6.45, 7) is -0.195. The van der Waals surface area contributed by atoms with E-state index in [0.29, 0.717) is 0 Å². The Bertz CT molecular complexity index is 172. The van der Waals surface area contributed by atoms with Crippen LogP contribution in [0.3, 0.4) is 0 Å². The monoisotopic (exact) mass is 125 g/mol. The molecule has 0 spiro atoms. The maximum Gasteiger partial charge on any atom is 0.182 e. The van der Waals surface area contributed by atoms with Crippen LogP contribution in [0.2, 0.25) is 0 Å². The van der Waals surface area contributed by atoms with Gasteiger partial charge in [-0.15, -0.1) is 0 Å². The van der Waals surface area contributed by atoms with Crippen LogP contribution in [0.15, 0.2) is 17.1 Å². The molecule has 1 unspecified atom stereocenters. The van der Waals surface area contributed by atoms with E-state index in [0.717, 1.165) is 0 Å². The number of rotatable bonds is 1. The molecule has 0 aliphatic carbocycles. The first-order valence-corrected chi connectivity index (χ1v) is 2.69. The lowest BCUT2D eigenvalue weighted by Gasteiger charge is -2.05. The van der Waals surface area contributed by atoms with E-state index in [4.69, 9.17) is 5.11 Å². The summed E-state index contributed by atoms with van der Waals surface area (Å²) in [5.74, 6) is -0.125. The summed E-state index contributed by atoms with van der Waals surface area (Å²) >= 11 is 0. The van der Waals surface area contributed by atoms with E-state index in [1.54, 1.807) is 6.08 Å². The van der Waals surface area contributed by atoms with Crippen LogP contribution in [0, 0.1) is 0 Å². The van der Waals surface area contributed by atoms with Gasteiger partial charge in [-0.1, -0.05) is 0 Å². The van der Waals surface area contributed by atoms with Crippen LogP contribution in [0.1, 0.15) is 0 Å². The summed E-state index contributed by atoms with van der Waals surface area (Å²) in [6.07, 6.45) is 4.49. The molecule has 0 bridgehead atoms. The molecule has 48 valence electrons. The number of dihydropyridines is 1. The van der Waals surface area contributed by atoms with Crippen LogP contribution >= 0.6 is 0 Å². The maximum absolute atomic E-state index is 10.7. The summed E-state index contributed by atoms with van der Waals surface area (Å²) in [7, 11) is 0. The average Bonchev–Trinajstić information content (AvgIpc) is 1.89. The van der Waals surface area contributed by atoms with Gasteiger partial charge in [0.15, 0.2) is 5.78 Å². The van der Waals surface area contributed by atoms with E-state index in [2.05, 4.69) is 4.99 Å². The lowest BCUT2D eigenvalue weighted by Crippen LogP contribution is -2.22. The van der Waals surface area contributed by atoms with Gasteiger partial charge in [0.25, 0.3) is 0 Å². The third-order valence-corrected chi connectivity index (χ3v) is 1.11. The zero-order valence-electron chi connectivity index (χ0n) is 4.82. The predicted octanol–water partition coefficient (Wildman–Crippen LogP) is -0.443. The third kappa shape index (κ3) is 1.23. The first-order chi connectivity index (χ1) is 4.34. The van der Waals surface area contributed by atoms with E-state index >= 15 is 0 Å². The first kappa shape index (κ1) is 6.16. The highest BCUT2D eigenvalue weighted by Crippen LogP contribution is 1.96. The molecule has 9 heavy (non-hydrogen) atoms. The smallest absolute Gasteiger partial charge is 0.182 e. The molecule has 1 heterocycles. The molecule has 1 aliphatic rings. The van der Waals surface area contributed by atoms with Gasteiger partial charge < -0.3 is 5.11 Å². The lowest BCUT2D eigenvalue weighted by molar-refractivity contribution is -0.116. The van der Waals surface area contributed by atoms with Crippen LogP contribution in [-0.2, 0) is 4.79 Å². The molecule has 1 atom stereocenters. The second kappa shape index (κ2) is 2.55. The number of aliphatic hydroxyl groups excluding tert-OH is 1. The Morgan fingerprint density at radius 3 is 3.00 bits per heavy atom. The van der Waals surface area contributed by atoms with Crippen LogP contribution in [-0.4, -0.2) is 29.8 Å². The van der Waals surface area contributed by atoms with Gasteiger partial charge in [0.05, 0.1) is 6.61 Å². The molecule has 0 aromatic carbocycles. The fourth-order valence-corrected chi connectivity index (χ4v) is 0.613. The molecule has 0 aromatic heterocycles. The molecule has 0 saturated heterocycles. The van der Waals surface area contributed by atoms with Gasteiger partial charge in [-0.3, -0.25) is 9.79 Å². The van der Waals surface area contributed by atoms with E-state index in [-0.39, 0.29) is 12.4 Å². The predicted molar refractivity (Wildman–Crippen MR) is 33.5 cm³/mol. The summed E-state index contributed by atoms with van der Waals surface area (Å²) < 4.78 is 0. The highest BCUT2D eigenvalue weighted by molar-refractivity contribution is 6.00. The topological polar surface area (TPSA) is 49.7 Å². The first-order valence-electron chi connectivity index (χ1n) is 2.69. The van der Waals surface area contributed by atoms with Crippen molar-refractivity contribution in [2.24, 2.45) is 4.99 Å². The van der Waals surface area contributed by atoms with Crippen LogP contribution in [0.5, 0.6) is 0 Å². The zero-order chi connectivity index (χ0) is 6.69. The largest absolute Gasteiger partial charge is 0.394 e. The number of ketones is 1. The molecule has 1 N–H and O–H groups in total. The van der Waals surface area contributed by atoms with E-state index < -0.39 is 6.04 Å². The van der Waals surface area contributed by atoms with Gasteiger partial charge in [-0.25, -0.2) is 0 Å². The zero-order valence-corrected chi connectivity index (χ0v) is 4.82. The number of aliphatic imine (C=N–C) groups is 1. The maximum atomic E-state index is 10.7. The fourth-order valence-electron chi connectivity index (χ4n) is 0.613. The number of nitrogens with zero attached hydrogens (tertiary/aromatic N) is 1. The highest BCUT2D eigenvalue weighted by Gasteiger charge is 2.13. The standard InChI is InChI=1S/C6H7NO2/c8-4-5-6(9)2-1-3-7-5/h1-3,5,8H,4H2. The molecule has 1 rings (SSSR count). The minimum absolute atomic E-state index is 0.125. The molecule has 3 nitrogen and oxygen atoms in total. The van der Waals surface area contributed by atoms with Gasteiger partial charge in [-0.05, 0) is 12.2 Å². The van der Waals surface area contributed by atoms with Gasteiger partial charge in [-0.2, -0.15) is 0 Å². The molecular formula is C6H7NO2. The second-order valence-corrected chi connectivity index (χ2v) is 1.76. The Kier molecular flexibility index (Phi) is 1.75. The number of carbonyl (C=O) groups is 1. The van der Waals surface area contributed by atoms with Crippen LogP contribution < -0.4 is 0 Å². The fraction of sp³-hybridized carbons (Fsp3) is 0.333. The minimum atomic E-state index is -0.546. The van der Waals surface area contributed by atoms with Crippen molar-refractivity contribution in [3.8, 4) is 0 Å². The number of carbonyl (C=O) groups excluding carboxylic acids is 1. The minimum Gasteiger partial charge on any atom is -0.394 e. The Labute approximate surface area is 52.7 Å². The third-order valence-electron chi connectivity index (χ3n) is 1.11. The molecule has 0 fully saturated rings. The Morgan fingerprint density at radius 1 is 1.78 bits per heavy atom. The molecule has 0 aromatic rings. The number of hydrogen-bond acceptors (Lipinski definition) is 3. The second-order valence-electron chi connectivity index (χ2n) is 1.76. The van der Waals surface area contributed by atoms with Gasteiger partial charge >= 0.3 is 0 Å². The van der Waals surface area contributed by atoms with Crippen molar-refractivity contribution in [1.82, 2.24) is 0 Å². The molecule has 1 aliphatic heterocycles. The van der Waals surface area contributed by atoms with E-state index in [9.17, 15) is 4.79 Å². The van der Waals surface area contributed by atoms with Crippen molar-refractivity contribution in [2.45, 2.75) is 6.04 Å². The van der Waals surface area contributed by atoms with Crippen molar-refractivity contribution in [2.75, 3.05) is 6.61 Å². The summed E-state index contributed by atoms with van der Waals surface area (Å²) in [5, 5.41) is 8.49. The van der Waals surface area contributed by atoms with Gasteiger partial charge in [0.2, 0.25) is 0 Å². The van der Waals surface area contributed by atoms with Crippen molar-refractivity contribution in [1.29, 1.82) is 0 Å². The summed E-state index contributed by atoms with van der Waals surface area (Å²) in [5.41, 5.74) is 0. The quantitative estimate of drug-likeness (QED) is 0.516. The highest BCUT2D eigenvalue weighted by atomic mass is 16.3. The Hall–Kier alpha value is -0.960. The van der Waals surface area contributed by atoms with Crippen LogP contribution in [0.25, 0.3) is 0 Å². The molecular weight excluding hydrogens is 118 g/mol. The van der Waals surface area contributed by atoms with Crippen LogP contribution in [0.4, 0.5) is 0 Å². The van der Waals surface area contributed by atoms with Gasteiger partial charge in [0.1, 0.15) is 6.04 Å². The molecule has 0 radical (unpaired) electrons. The number of hydrogen-bond donors (Lipinski definition) is 1. The SMILES string of the molecule is O=C1C=CC=NC1CO. The lowest BCUT2D eigenvalue weighted by atomic mass is 10.1. The molecule has 0 amide bonds. The summed E-state index contributed by atoms with van der Waals surface area (Å²) in [6, 6.07) is -0.546. The number of allylic oxidation sites excluding steroid dienone is 1. The molecule has 3 heteroatoms. The van der Waals surface area contributed by atoms with Crippen molar-refractivity contribution in [3.63, 3.8) is 0 Å². The van der Waals surface area contributed by atoms with Crippen molar-refractivity contribution in [3.05, 3.63) is 12.2 Å².